The van der Waals surface area contributed by atoms with Gasteiger partial charge in [-0.25, -0.2) is 4.39 Å². The first kappa shape index (κ1) is 19.9. The molecule has 0 aromatic heterocycles. The zero-order valence-electron chi connectivity index (χ0n) is 16.1. The summed E-state index contributed by atoms with van der Waals surface area (Å²) in [5, 5.41) is 5.63. The molecule has 1 saturated carbocycles. The van der Waals surface area contributed by atoms with Crippen LogP contribution in [0, 0.1) is 17.7 Å². The fourth-order valence-electron chi connectivity index (χ4n) is 3.05. The number of ether oxygens (including phenoxy) is 1. The molecule has 2 aromatic carbocycles. The SMILES string of the molecule is CC(C)Oc1ccc(NC(=O)C2CC2C(=O)NCCc2ccccc2F)cc1. The third-order valence-corrected chi connectivity index (χ3v) is 4.61. The van der Waals surface area contributed by atoms with Gasteiger partial charge in [0, 0.05) is 12.2 Å². The Kier molecular flexibility index (Phi) is 6.29. The van der Waals surface area contributed by atoms with Crippen LogP contribution < -0.4 is 15.4 Å². The topological polar surface area (TPSA) is 67.4 Å². The number of halogens is 1. The average molecular weight is 384 g/mol. The lowest BCUT2D eigenvalue weighted by Gasteiger charge is -2.10. The molecule has 2 amide bonds. The molecule has 3 rings (SSSR count). The van der Waals surface area contributed by atoms with E-state index in [4.69, 9.17) is 4.74 Å². The van der Waals surface area contributed by atoms with Crippen LogP contribution in [-0.4, -0.2) is 24.5 Å². The lowest BCUT2D eigenvalue weighted by atomic mass is 10.1. The van der Waals surface area contributed by atoms with Gasteiger partial charge < -0.3 is 15.4 Å². The minimum Gasteiger partial charge on any atom is -0.491 e. The van der Waals surface area contributed by atoms with Gasteiger partial charge in [-0.05, 0) is 62.6 Å². The number of rotatable bonds is 8. The summed E-state index contributed by atoms with van der Waals surface area (Å²) < 4.78 is 19.1. The summed E-state index contributed by atoms with van der Waals surface area (Å²) >= 11 is 0. The molecule has 2 N–H and O–H groups in total. The van der Waals surface area contributed by atoms with Gasteiger partial charge in [0.25, 0.3) is 0 Å². The summed E-state index contributed by atoms with van der Waals surface area (Å²) in [6.45, 7) is 4.25. The number of hydrogen-bond donors (Lipinski definition) is 2. The van der Waals surface area contributed by atoms with Crippen LogP contribution in [0.15, 0.2) is 48.5 Å². The Balaban J connectivity index is 1.42. The van der Waals surface area contributed by atoms with Gasteiger partial charge in [-0.15, -0.1) is 0 Å². The molecule has 2 aromatic rings. The van der Waals surface area contributed by atoms with Crippen LogP contribution in [0.3, 0.4) is 0 Å². The second kappa shape index (κ2) is 8.87. The van der Waals surface area contributed by atoms with Gasteiger partial charge in [0.15, 0.2) is 0 Å². The van der Waals surface area contributed by atoms with Gasteiger partial charge in [0.1, 0.15) is 11.6 Å². The molecule has 148 valence electrons. The van der Waals surface area contributed by atoms with Crippen molar-refractivity contribution >= 4 is 17.5 Å². The highest BCUT2D eigenvalue weighted by molar-refractivity contribution is 5.99. The fraction of sp³-hybridized carbons (Fsp3) is 0.364. The molecule has 0 aliphatic heterocycles. The van der Waals surface area contributed by atoms with E-state index in [1.54, 1.807) is 42.5 Å². The second-order valence-electron chi connectivity index (χ2n) is 7.26. The summed E-state index contributed by atoms with van der Waals surface area (Å²) in [7, 11) is 0. The van der Waals surface area contributed by atoms with Crippen LogP contribution in [0.25, 0.3) is 0 Å². The highest BCUT2D eigenvalue weighted by Crippen LogP contribution is 2.39. The Morgan fingerprint density at radius 2 is 1.75 bits per heavy atom. The van der Waals surface area contributed by atoms with E-state index in [1.807, 2.05) is 13.8 Å². The van der Waals surface area contributed by atoms with E-state index in [0.29, 0.717) is 30.6 Å². The monoisotopic (exact) mass is 384 g/mol. The van der Waals surface area contributed by atoms with Crippen LogP contribution in [0.4, 0.5) is 10.1 Å². The summed E-state index contributed by atoms with van der Waals surface area (Å²) in [4.78, 5) is 24.5. The van der Waals surface area contributed by atoms with E-state index in [1.165, 1.54) is 6.07 Å². The molecule has 6 heteroatoms. The Hall–Kier alpha value is -2.89. The predicted molar refractivity (Wildman–Crippen MR) is 106 cm³/mol. The largest absolute Gasteiger partial charge is 0.491 e. The van der Waals surface area contributed by atoms with Crippen molar-refractivity contribution < 1.29 is 18.7 Å². The molecule has 1 aliphatic rings. The minimum atomic E-state index is -0.319. The highest BCUT2D eigenvalue weighted by Gasteiger charge is 2.47. The van der Waals surface area contributed by atoms with Crippen molar-refractivity contribution in [1.82, 2.24) is 5.32 Å². The van der Waals surface area contributed by atoms with Gasteiger partial charge >= 0.3 is 0 Å². The van der Waals surface area contributed by atoms with E-state index in [9.17, 15) is 14.0 Å². The molecule has 2 unspecified atom stereocenters. The third-order valence-electron chi connectivity index (χ3n) is 4.61. The maximum Gasteiger partial charge on any atom is 0.228 e. The lowest BCUT2D eigenvalue weighted by molar-refractivity contribution is -0.125. The van der Waals surface area contributed by atoms with Crippen molar-refractivity contribution in [3.8, 4) is 5.75 Å². The van der Waals surface area contributed by atoms with Crippen molar-refractivity contribution in [1.29, 1.82) is 0 Å². The van der Waals surface area contributed by atoms with Gasteiger partial charge in [0.2, 0.25) is 11.8 Å². The molecular formula is C22H25FN2O3. The van der Waals surface area contributed by atoms with Crippen molar-refractivity contribution in [3.05, 3.63) is 59.9 Å². The number of benzene rings is 2. The van der Waals surface area contributed by atoms with E-state index in [2.05, 4.69) is 10.6 Å². The molecule has 1 fully saturated rings. The van der Waals surface area contributed by atoms with Crippen molar-refractivity contribution in [2.24, 2.45) is 11.8 Å². The summed E-state index contributed by atoms with van der Waals surface area (Å²) in [5.41, 5.74) is 1.24. The van der Waals surface area contributed by atoms with Crippen LogP contribution in [0.2, 0.25) is 0 Å². The number of carbonyl (C=O) groups excluding carboxylic acids is 2. The number of nitrogens with one attached hydrogen (secondary N) is 2. The standard InChI is InChI=1S/C22H25FN2O3/c1-14(2)28-17-9-7-16(8-10-17)25-22(27)19-13-18(19)21(26)24-12-11-15-5-3-4-6-20(15)23/h3-10,14,18-19H,11-13H2,1-2H3,(H,24,26)(H,25,27). The Morgan fingerprint density at radius 1 is 1.07 bits per heavy atom. The number of anilines is 1. The molecule has 0 radical (unpaired) electrons. The van der Waals surface area contributed by atoms with E-state index in [-0.39, 0.29) is 35.6 Å². The molecule has 2 atom stereocenters. The zero-order chi connectivity index (χ0) is 20.1. The maximum absolute atomic E-state index is 13.6. The number of carbonyl (C=O) groups is 2. The minimum absolute atomic E-state index is 0.0876. The van der Waals surface area contributed by atoms with Crippen LogP contribution in [0.1, 0.15) is 25.8 Å². The number of hydrogen-bond acceptors (Lipinski definition) is 3. The lowest BCUT2D eigenvalue weighted by Crippen LogP contribution is -2.29. The molecule has 1 aliphatic carbocycles. The fourth-order valence-corrected chi connectivity index (χ4v) is 3.05. The van der Waals surface area contributed by atoms with Crippen LogP contribution in [0.5, 0.6) is 5.75 Å². The quantitative estimate of drug-likeness (QED) is 0.731. The van der Waals surface area contributed by atoms with Gasteiger partial charge in [-0.2, -0.15) is 0 Å². The van der Waals surface area contributed by atoms with Crippen molar-refractivity contribution in [2.75, 3.05) is 11.9 Å². The van der Waals surface area contributed by atoms with E-state index >= 15 is 0 Å². The normalized spacial score (nSPS) is 17.9. The highest BCUT2D eigenvalue weighted by atomic mass is 19.1. The molecule has 0 heterocycles. The number of amides is 2. The van der Waals surface area contributed by atoms with Gasteiger partial charge in [-0.3, -0.25) is 9.59 Å². The summed E-state index contributed by atoms with van der Waals surface area (Å²) in [6.07, 6.45) is 1.04. The van der Waals surface area contributed by atoms with Crippen molar-refractivity contribution in [3.63, 3.8) is 0 Å². The summed E-state index contributed by atoms with van der Waals surface area (Å²) in [5.74, 6) is -0.482. The predicted octanol–water partition coefficient (Wildman–Crippen LogP) is 3.55. The van der Waals surface area contributed by atoms with Gasteiger partial charge in [0.05, 0.1) is 17.9 Å². The summed E-state index contributed by atoms with van der Waals surface area (Å²) in [6, 6.07) is 13.7. The van der Waals surface area contributed by atoms with Crippen molar-refractivity contribution in [2.45, 2.75) is 32.8 Å². The smallest absolute Gasteiger partial charge is 0.228 e. The molecular weight excluding hydrogens is 359 g/mol. The Bertz CT molecular complexity index is 836. The van der Waals surface area contributed by atoms with Crippen LogP contribution in [-0.2, 0) is 16.0 Å². The molecule has 0 bridgehead atoms. The first-order valence-electron chi connectivity index (χ1n) is 9.52. The average Bonchev–Trinajstić information content (AvgIpc) is 3.45. The van der Waals surface area contributed by atoms with E-state index < -0.39 is 0 Å². The third kappa shape index (κ3) is 5.31. The maximum atomic E-state index is 13.6. The first-order chi connectivity index (χ1) is 13.4. The molecule has 0 saturated heterocycles. The molecule has 0 spiro atoms. The Labute approximate surface area is 164 Å². The second-order valence-corrected chi connectivity index (χ2v) is 7.26. The zero-order valence-corrected chi connectivity index (χ0v) is 16.1. The molecule has 28 heavy (non-hydrogen) atoms. The molecule has 5 nitrogen and oxygen atoms in total. The van der Waals surface area contributed by atoms with Gasteiger partial charge in [-0.1, -0.05) is 18.2 Å². The first-order valence-corrected chi connectivity index (χ1v) is 9.52. The van der Waals surface area contributed by atoms with E-state index in [0.717, 1.165) is 5.75 Å². The Morgan fingerprint density at radius 3 is 2.43 bits per heavy atom. The van der Waals surface area contributed by atoms with Crippen LogP contribution >= 0.6 is 0 Å².